The molecule has 1 heterocycles. The van der Waals surface area contributed by atoms with Crippen molar-refractivity contribution < 1.29 is 0 Å². The van der Waals surface area contributed by atoms with E-state index in [2.05, 4.69) is 54.6 Å². The van der Waals surface area contributed by atoms with E-state index in [9.17, 15) is 0 Å². The molecule has 1 aliphatic rings. The lowest BCUT2D eigenvalue weighted by molar-refractivity contribution is 0.0983. The molecule has 1 aliphatic heterocycles. The summed E-state index contributed by atoms with van der Waals surface area (Å²) in [6, 6.07) is 10.9. The van der Waals surface area contributed by atoms with Gasteiger partial charge in [0.25, 0.3) is 0 Å². The van der Waals surface area contributed by atoms with E-state index in [0.717, 1.165) is 13.1 Å². The number of hydrogen-bond donors (Lipinski definition) is 1. The number of hydrogen-bond acceptors (Lipinski definition) is 2. The molecule has 2 nitrogen and oxygen atoms in total. The molecule has 1 fully saturated rings. The Kier molecular flexibility index (Phi) is 4.19. The van der Waals surface area contributed by atoms with Crippen LogP contribution in [0.1, 0.15) is 24.8 Å². The van der Waals surface area contributed by atoms with E-state index in [1.54, 1.807) is 0 Å². The van der Waals surface area contributed by atoms with Crippen molar-refractivity contribution in [3.8, 4) is 0 Å². The van der Waals surface area contributed by atoms with Gasteiger partial charge in [-0.1, -0.05) is 30.3 Å². The van der Waals surface area contributed by atoms with Gasteiger partial charge < -0.3 is 10.2 Å². The van der Waals surface area contributed by atoms with Crippen molar-refractivity contribution in [2.75, 3.05) is 27.2 Å². The lowest BCUT2D eigenvalue weighted by Crippen LogP contribution is -2.51. The van der Waals surface area contributed by atoms with Crippen molar-refractivity contribution in [1.29, 1.82) is 0 Å². The summed E-state index contributed by atoms with van der Waals surface area (Å²) in [6.07, 6.45) is 5.00. The van der Waals surface area contributed by atoms with E-state index in [0.29, 0.717) is 5.54 Å². The zero-order chi connectivity index (χ0) is 12.1. The van der Waals surface area contributed by atoms with E-state index in [1.165, 1.54) is 31.2 Å². The van der Waals surface area contributed by atoms with Crippen molar-refractivity contribution in [1.82, 2.24) is 10.2 Å². The standard InChI is InChI=1S/C15H24N2/c1-17(2)15(10-12-16-13-11-15)9-8-14-6-4-3-5-7-14/h3-7,16H,8-13H2,1-2H3. The Balaban J connectivity index is 1.98. The van der Waals surface area contributed by atoms with Gasteiger partial charge in [-0.05, 0) is 58.4 Å². The van der Waals surface area contributed by atoms with Crippen molar-refractivity contribution in [3.63, 3.8) is 0 Å². The number of nitrogens with zero attached hydrogens (tertiary/aromatic N) is 1. The molecule has 0 aromatic heterocycles. The SMILES string of the molecule is CN(C)C1(CCc2ccccc2)CCNCC1. The van der Waals surface area contributed by atoms with Crippen LogP contribution in [0.4, 0.5) is 0 Å². The minimum atomic E-state index is 0.404. The predicted molar refractivity (Wildman–Crippen MR) is 73.3 cm³/mol. The van der Waals surface area contributed by atoms with Gasteiger partial charge in [-0.25, -0.2) is 0 Å². The third kappa shape index (κ3) is 3.08. The molecule has 0 radical (unpaired) electrons. The smallest absolute Gasteiger partial charge is 0.0230 e. The molecule has 94 valence electrons. The molecule has 1 saturated heterocycles. The van der Waals surface area contributed by atoms with E-state index < -0.39 is 0 Å². The number of nitrogens with one attached hydrogen (secondary N) is 1. The average molecular weight is 232 g/mol. The Hall–Kier alpha value is -0.860. The van der Waals surface area contributed by atoms with Crippen molar-refractivity contribution in [3.05, 3.63) is 35.9 Å². The van der Waals surface area contributed by atoms with Crippen LogP contribution in [0.25, 0.3) is 0 Å². The first-order valence-corrected chi connectivity index (χ1v) is 6.65. The maximum absolute atomic E-state index is 3.47. The normalized spacial score (nSPS) is 19.5. The Labute approximate surface area is 105 Å². The monoisotopic (exact) mass is 232 g/mol. The third-order valence-electron chi connectivity index (χ3n) is 4.20. The molecule has 1 N–H and O–H groups in total. The van der Waals surface area contributed by atoms with Crippen LogP contribution in [0.2, 0.25) is 0 Å². The molecule has 1 aromatic carbocycles. The molecular formula is C15H24N2. The highest BCUT2D eigenvalue weighted by Crippen LogP contribution is 2.29. The summed E-state index contributed by atoms with van der Waals surface area (Å²) in [6.45, 7) is 2.32. The maximum Gasteiger partial charge on any atom is 0.0230 e. The summed E-state index contributed by atoms with van der Waals surface area (Å²) in [5, 5.41) is 3.47. The quantitative estimate of drug-likeness (QED) is 0.857. The van der Waals surface area contributed by atoms with Gasteiger partial charge in [0, 0.05) is 5.54 Å². The van der Waals surface area contributed by atoms with Crippen LogP contribution in [0.5, 0.6) is 0 Å². The molecule has 0 amide bonds. The van der Waals surface area contributed by atoms with Crippen LogP contribution in [0.3, 0.4) is 0 Å². The highest BCUT2D eigenvalue weighted by molar-refractivity contribution is 5.15. The van der Waals surface area contributed by atoms with Crippen LogP contribution >= 0.6 is 0 Å². The molecule has 17 heavy (non-hydrogen) atoms. The first kappa shape index (κ1) is 12.6. The van der Waals surface area contributed by atoms with Gasteiger partial charge in [0.2, 0.25) is 0 Å². The second kappa shape index (κ2) is 5.65. The number of aryl methyl sites for hydroxylation is 1. The minimum Gasteiger partial charge on any atom is -0.317 e. The Bertz CT molecular complexity index is 326. The average Bonchev–Trinajstić information content (AvgIpc) is 2.38. The fraction of sp³-hybridized carbons (Fsp3) is 0.600. The predicted octanol–water partition coefficient (Wildman–Crippen LogP) is 2.30. The van der Waals surface area contributed by atoms with E-state index in [1.807, 2.05) is 0 Å². The van der Waals surface area contributed by atoms with E-state index >= 15 is 0 Å². The first-order chi connectivity index (χ1) is 8.23. The van der Waals surface area contributed by atoms with Crippen LogP contribution < -0.4 is 5.32 Å². The van der Waals surface area contributed by atoms with Gasteiger partial charge in [0.05, 0.1) is 0 Å². The second-order valence-electron chi connectivity index (χ2n) is 5.35. The number of benzene rings is 1. The first-order valence-electron chi connectivity index (χ1n) is 6.65. The van der Waals surface area contributed by atoms with Crippen molar-refractivity contribution in [2.24, 2.45) is 0 Å². The summed E-state index contributed by atoms with van der Waals surface area (Å²) in [4.78, 5) is 2.44. The van der Waals surface area contributed by atoms with Gasteiger partial charge in [-0.15, -0.1) is 0 Å². The lowest BCUT2D eigenvalue weighted by Gasteiger charge is -2.43. The molecule has 0 spiro atoms. The molecule has 0 aliphatic carbocycles. The summed E-state index contributed by atoms with van der Waals surface area (Å²) in [7, 11) is 4.46. The van der Waals surface area contributed by atoms with Gasteiger partial charge in [0.15, 0.2) is 0 Å². The fourth-order valence-electron chi connectivity index (χ4n) is 2.83. The van der Waals surface area contributed by atoms with Crippen molar-refractivity contribution in [2.45, 2.75) is 31.2 Å². The highest BCUT2D eigenvalue weighted by Gasteiger charge is 2.33. The van der Waals surface area contributed by atoms with Gasteiger partial charge in [-0.3, -0.25) is 0 Å². The molecule has 0 atom stereocenters. The number of piperidine rings is 1. The van der Waals surface area contributed by atoms with Gasteiger partial charge in [-0.2, -0.15) is 0 Å². The van der Waals surface area contributed by atoms with Gasteiger partial charge >= 0.3 is 0 Å². The van der Waals surface area contributed by atoms with Crippen molar-refractivity contribution >= 4 is 0 Å². The maximum atomic E-state index is 3.47. The topological polar surface area (TPSA) is 15.3 Å². The van der Waals surface area contributed by atoms with E-state index in [4.69, 9.17) is 0 Å². The largest absolute Gasteiger partial charge is 0.317 e. The third-order valence-corrected chi connectivity index (χ3v) is 4.20. The second-order valence-corrected chi connectivity index (χ2v) is 5.35. The molecular weight excluding hydrogens is 208 g/mol. The Morgan fingerprint density at radius 3 is 2.35 bits per heavy atom. The minimum absolute atomic E-state index is 0.404. The molecule has 0 saturated carbocycles. The zero-order valence-electron chi connectivity index (χ0n) is 11.1. The van der Waals surface area contributed by atoms with Crippen LogP contribution in [0, 0.1) is 0 Å². The lowest BCUT2D eigenvalue weighted by atomic mass is 9.82. The molecule has 2 heteroatoms. The summed E-state index contributed by atoms with van der Waals surface area (Å²) in [5.74, 6) is 0. The summed E-state index contributed by atoms with van der Waals surface area (Å²) < 4.78 is 0. The Morgan fingerprint density at radius 1 is 1.12 bits per heavy atom. The fourth-order valence-corrected chi connectivity index (χ4v) is 2.83. The molecule has 2 rings (SSSR count). The molecule has 0 bridgehead atoms. The highest BCUT2D eigenvalue weighted by atomic mass is 15.2. The van der Waals surface area contributed by atoms with E-state index in [-0.39, 0.29) is 0 Å². The van der Waals surface area contributed by atoms with Crippen LogP contribution in [-0.2, 0) is 6.42 Å². The molecule has 0 unspecified atom stereocenters. The summed E-state index contributed by atoms with van der Waals surface area (Å²) in [5.41, 5.74) is 1.87. The summed E-state index contributed by atoms with van der Waals surface area (Å²) >= 11 is 0. The number of rotatable bonds is 4. The van der Waals surface area contributed by atoms with Crippen LogP contribution in [-0.4, -0.2) is 37.6 Å². The van der Waals surface area contributed by atoms with Gasteiger partial charge in [0.1, 0.15) is 0 Å². The molecule has 1 aromatic rings. The van der Waals surface area contributed by atoms with Crippen LogP contribution in [0.15, 0.2) is 30.3 Å². The Morgan fingerprint density at radius 2 is 1.76 bits per heavy atom. The zero-order valence-corrected chi connectivity index (χ0v) is 11.1.